The molecule has 2 aromatic rings. The molecule has 0 aromatic carbocycles. The first-order chi connectivity index (χ1) is 17.3. The number of carbonyl (C=O) groups excluding carboxylic acids is 2. The number of thiazole rings is 1. The van der Waals surface area contributed by atoms with Crippen LogP contribution in [0.2, 0.25) is 0 Å². The van der Waals surface area contributed by atoms with Crippen LogP contribution in [0.4, 0.5) is 5.13 Å². The molecular formula is C21H23N6O5S4+. The van der Waals surface area contributed by atoms with Crippen molar-refractivity contribution in [1.29, 1.82) is 0 Å². The third-order valence-electron chi connectivity index (χ3n) is 5.32. The summed E-state index contributed by atoms with van der Waals surface area (Å²) in [4.78, 5) is 48.8. The molecule has 11 nitrogen and oxygen atoms in total. The number of β-lactam (4-membered cyclic amide) rings is 1. The molecule has 4 N–H and O–H groups in total. The van der Waals surface area contributed by atoms with Gasteiger partial charge in [0.1, 0.15) is 24.5 Å². The van der Waals surface area contributed by atoms with Crippen molar-refractivity contribution in [2.24, 2.45) is 5.16 Å². The maximum absolute atomic E-state index is 13.0. The Morgan fingerprint density at radius 3 is 2.92 bits per heavy atom. The third kappa shape index (κ3) is 5.33. The second-order valence-corrected chi connectivity index (χ2v) is 11.4. The van der Waals surface area contributed by atoms with Crippen molar-refractivity contribution in [1.82, 2.24) is 15.2 Å². The Kier molecular flexibility index (Phi) is 8.43. The van der Waals surface area contributed by atoms with Gasteiger partial charge in [-0.25, -0.2) is 9.78 Å². The second-order valence-electron chi connectivity index (χ2n) is 7.52. The normalized spacial score (nSPS) is 19.6. The fraction of sp³-hybridized carbons (Fsp3) is 0.333. The number of carboxylic acids is 1. The van der Waals surface area contributed by atoms with Crippen molar-refractivity contribution in [2.45, 2.75) is 23.0 Å². The van der Waals surface area contributed by atoms with Crippen molar-refractivity contribution < 1.29 is 28.9 Å². The summed E-state index contributed by atoms with van der Waals surface area (Å²) in [6.07, 6.45) is 3.99. The molecule has 0 saturated carbocycles. The predicted octanol–water partition coefficient (Wildman–Crippen LogP) is 1.21. The van der Waals surface area contributed by atoms with Crippen LogP contribution in [0.5, 0.6) is 0 Å². The Hall–Kier alpha value is -2.75. The minimum absolute atomic E-state index is 0.0374. The number of nitrogens with zero attached hydrogens (tertiary/aromatic N) is 4. The van der Waals surface area contributed by atoms with Gasteiger partial charge >= 0.3 is 5.97 Å². The number of fused-ring (bicyclic) bond motifs is 1. The largest absolute Gasteiger partial charge is 0.477 e. The Morgan fingerprint density at radius 1 is 1.44 bits per heavy atom. The van der Waals surface area contributed by atoms with Crippen LogP contribution in [-0.2, 0) is 25.1 Å². The number of anilines is 1. The molecule has 2 amide bonds. The molecule has 190 valence electrons. The monoisotopic (exact) mass is 567 g/mol. The molecule has 0 unspecified atom stereocenters. The number of aromatic nitrogens is 2. The highest BCUT2D eigenvalue weighted by atomic mass is 32.2. The summed E-state index contributed by atoms with van der Waals surface area (Å²) in [6.45, 7) is 0. The first-order valence-electron chi connectivity index (χ1n) is 10.5. The van der Waals surface area contributed by atoms with Crippen LogP contribution in [-0.4, -0.2) is 75.4 Å². The zero-order valence-electron chi connectivity index (χ0n) is 19.2. The van der Waals surface area contributed by atoms with Crippen LogP contribution in [0.1, 0.15) is 5.69 Å². The lowest BCUT2D eigenvalue weighted by Crippen LogP contribution is -2.73. The fourth-order valence-electron chi connectivity index (χ4n) is 3.75. The van der Waals surface area contributed by atoms with Crippen molar-refractivity contribution in [3.05, 3.63) is 46.1 Å². The lowest BCUT2D eigenvalue weighted by Gasteiger charge is -2.49. The van der Waals surface area contributed by atoms with E-state index < -0.39 is 29.9 Å². The van der Waals surface area contributed by atoms with E-state index in [1.165, 1.54) is 35.5 Å². The van der Waals surface area contributed by atoms with Gasteiger partial charge in [0.05, 0.1) is 6.04 Å². The van der Waals surface area contributed by atoms with E-state index in [1.54, 1.807) is 17.1 Å². The summed E-state index contributed by atoms with van der Waals surface area (Å²) in [7, 11) is 1.29. The van der Waals surface area contributed by atoms with E-state index in [4.69, 9.17) is 10.6 Å². The molecular weight excluding hydrogens is 545 g/mol. The van der Waals surface area contributed by atoms with Gasteiger partial charge in [-0.1, -0.05) is 28.7 Å². The zero-order chi connectivity index (χ0) is 25.8. The van der Waals surface area contributed by atoms with Crippen LogP contribution in [0.15, 0.2) is 50.6 Å². The number of carboxylic acid groups (broad SMARTS) is 1. The van der Waals surface area contributed by atoms with Crippen LogP contribution in [0.3, 0.4) is 0 Å². The number of amides is 2. The number of nitrogen functional groups attached to an aromatic ring is 1. The number of carbonyl (C=O) groups is 3. The smallest absolute Gasteiger partial charge is 0.353 e. The Morgan fingerprint density at radius 2 is 2.25 bits per heavy atom. The Labute approximate surface area is 223 Å². The van der Waals surface area contributed by atoms with Crippen LogP contribution in [0.25, 0.3) is 0 Å². The quantitative estimate of drug-likeness (QED) is 0.126. The molecule has 0 bridgehead atoms. The van der Waals surface area contributed by atoms with Crippen molar-refractivity contribution in [2.75, 3.05) is 30.6 Å². The lowest BCUT2D eigenvalue weighted by atomic mass is 9.94. The Balaban J connectivity index is 1.49. The third-order valence-corrected chi connectivity index (χ3v) is 9.01. The molecule has 0 spiro atoms. The number of thioether (sulfide) groups is 3. The summed E-state index contributed by atoms with van der Waals surface area (Å²) in [5.74, 6) is -0.685. The van der Waals surface area contributed by atoms with Gasteiger partial charge in [0.2, 0.25) is 5.03 Å². The minimum atomic E-state index is -1.18. The molecule has 4 rings (SSSR count). The molecule has 2 aromatic heterocycles. The molecule has 0 aliphatic carbocycles. The summed E-state index contributed by atoms with van der Waals surface area (Å²) in [5, 5.41) is 19.1. The number of pyridine rings is 1. The highest BCUT2D eigenvalue weighted by molar-refractivity contribution is 8.06. The van der Waals surface area contributed by atoms with Gasteiger partial charge in [0.15, 0.2) is 22.9 Å². The maximum Gasteiger partial charge on any atom is 0.353 e. The number of hydrogen-bond donors (Lipinski definition) is 3. The van der Waals surface area contributed by atoms with E-state index in [1.807, 2.05) is 30.7 Å². The molecule has 15 heteroatoms. The van der Waals surface area contributed by atoms with Crippen molar-refractivity contribution in [3.8, 4) is 0 Å². The minimum Gasteiger partial charge on any atom is -0.477 e. The summed E-state index contributed by atoms with van der Waals surface area (Å²) in [6, 6.07) is 4.48. The van der Waals surface area contributed by atoms with E-state index in [0.29, 0.717) is 16.4 Å². The summed E-state index contributed by atoms with van der Waals surface area (Å²) >= 11 is 5.73. The predicted molar refractivity (Wildman–Crippen MR) is 141 cm³/mol. The highest BCUT2D eigenvalue weighted by Gasteiger charge is 2.54. The zero-order valence-corrected chi connectivity index (χ0v) is 22.5. The standard InChI is InChI=1S/C21H22N6O5S4/c1-32-25-15(11-7-36-21(22)23-11)18(28)24-16-12-8-34-13(17(20(30)31)27(12)19(16)29)9-35-14-5-3-4-6-26(14)10-33-2/h3-7,12,16H,8-10H2,1-2H3,(H3-,22,23,24,28,30,31)/p+1/t12-,16+/m1/s1. The highest BCUT2D eigenvalue weighted by Crippen LogP contribution is 2.41. The molecule has 36 heavy (non-hydrogen) atoms. The average Bonchev–Trinajstić information content (AvgIpc) is 3.30. The lowest BCUT2D eigenvalue weighted by molar-refractivity contribution is -0.712. The summed E-state index contributed by atoms with van der Waals surface area (Å²) in [5.41, 5.74) is 5.72. The van der Waals surface area contributed by atoms with Crippen LogP contribution in [0, 0.1) is 0 Å². The van der Waals surface area contributed by atoms with Gasteiger partial charge in [-0.15, -0.1) is 23.1 Å². The molecule has 2 aliphatic rings. The van der Waals surface area contributed by atoms with E-state index in [-0.39, 0.29) is 22.2 Å². The van der Waals surface area contributed by atoms with Gasteiger partial charge in [-0.3, -0.25) is 14.5 Å². The number of nitrogens with two attached hydrogens (primary N) is 1. The topological polar surface area (TPSA) is 151 Å². The van der Waals surface area contributed by atoms with E-state index >= 15 is 0 Å². The van der Waals surface area contributed by atoms with Crippen LogP contribution >= 0.6 is 46.6 Å². The van der Waals surface area contributed by atoms with Gasteiger partial charge in [-0.05, 0) is 12.3 Å². The first kappa shape index (κ1) is 26.3. The second kappa shape index (κ2) is 11.5. The molecule has 4 heterocycles. The molecule has 2 atom stereocenters. The van der Waals surface area contributed by atoms with E-state index in [0.717, 1.165) is 22.2 Å². The summed E-state index contributed by atoms with van der Waals surface area (Å²) < 4.78 is 2.09. The van der Waals surface area contributed by atoms with Gasteiger partial charge in [-0.2, -0.15) is 4.57 Å². The van der Waals surface area contributed by atoms with Crippen molar-refractivity contribution >= 4 is 75.2 Å². The fourth-order valence-corrected chi connectivity index (χ4v) is 7.31. The SMILES string of the molecule is CON=C(C(=O)N[C@@H]1C(=O)N2C(C(=O)O)=C(CSc3cccc[n+]3CSC)SC[C@H]12)c1csc(N)n1. The van der Waals surface area contributed by atoms with Gasteiger partial charge < -0.3 is 21.0 Å². The number of rotatable bonds is 10. The number of oxime groups is 1. The molecule has 0 radical (unpaired) electrons. The molecule has 2 aliphatic heterocycles. The van der Waals surface area contributed by atoms with Gasteiger partial charge in [0.25, 0.3) is 11.8 Å². The van der Waals surface area contributed by atoms with Crippen molar-refractivity contribution in [3.63, 3.8) is 0 Å². The maximum atomic E-state index is 13.0. The average molecular weight is 568 g/mol. The van der Waals surface area contributed by atoms with Crippen LogP contribution < -0.4 is 15.6 Å². The number of hydrogen-bond acceptors (Lipinski definition) is 11. The number of aliphatic carboxylic acids is 1. The Bertz CT molecular complexity index is 1250. The number of nitrogens with one attached hydrogen (secondary N) is 1. The molecule has 1 saturated heterocycles. The molecule has 1 fully saturated rings. The van der Waals surface area contributed by atoms with Gasteiger partial charge in [0, 0.05) is 33.9 Å². The van der Waals surface area contributed by atoms with E-state index in [9.17, 15) is 19.5 Å². The van der Waals surface area contributed by atoms with E-state index in [2.05, 4.69) is 20.0 Å². The first-order valence-corrected chi connectivity index (χ1v) is 14.8.